The lowest BCUT2D eigenvalue weighted by molar-refractivity contribution is 0.0687. The molecule has 0 aromatic heterocycles. The van der Waals surface area contributed by atoms with E-state index in [9.17, 15) is 4.79 Å². The van der Waals surface area contributed by atoms with E-state index in [1.807, 2.05) is 43.0 Å². The summed E-state index contributed by atoms with van der Waals surface area (Å²) in [6.07, 6.45) is 2.05. The molecule has 0 spiro atoms. The van der Waals surface area contributed by atoms with Crippen molar-refractivity contribution in [2.75, 3.05) is 19.6 Å². The predicted octanol–water partition coefficient (Wildman–Crippen LogP) is 2.28. The van der Waals surface area contributed by atoms with Gasteiger partial charge in [0.1, 0.15) is 5.75 Å². The molecule has 110 valence electrons. The molecule has 1 aliphatic heterocycles. The Kier molecular flexibility index (Phi) is 5.01. The highest BCUT2D eigenvalue weighted by Crippen LogP contribution is 2.24. The van der Waals surface area contributed by atoms with Gasteiger partial charge in [0, 0.05) is 13.1 Å². The zero-order valence-electron chi connectivity index (χ0n) is 12.3. The molecule has 4 heteroatoms. The van der Waals surface area contributed by atoms with Crippen LogP contribution in [-0.2, 0) is 0 Å². The van der Waals surface area contributed by atoms with Crippen LogP contribution in [0.1, 0.15) is 37.0 Å². The van der Waals surface area contributed by atoms with Crippen molar-refractivity contribution in [3.05, 3.63) is 29.8 Å². The van der Waals surface area contributed by atoms with Gasteiger partial charge in [0.2, 0.25) is 0 Å². The van der Waals surface area contributed by atoms with E-state index in [0.29, 0.717) is 17.2 Å². The third kappa shape index (κ3) is 3.51. The van der Waals surface area contributed by atoms with Crippen molar-refractivity contribution in [1.29, 1.82) is 0 Å². The number of hydrogen-bond acceptors (Lipinski definition) is 3. The van der Waals surface area contributed by atoms with Crippen molar-refractivity contribution in [3.8, 4) is 5.75 Å². The average molecular weight is 276 g/mol. The van der Waals surface area contributed by atoms with E-state index < -0.39 is 0 Å². The van der Waals surface area contributed by atoms with E-state index in [0.717, 1.165) is 32.5 Å². The molecular weight excluding hydrogens is 252 g/mol. The zero-order valence-corrected chi connectivity index (χ0v) is 12.3. The third-order valence-corrected chi connectivity index (χ3v) is 3.72. The highest BCUT2D eigenvalue weighted by atomic mass is 16.5. The highest BCUT2D eigenvalue weighted by Gasteiger charge is 2.24. The summed E-state index contributed by atoms with van der Waals surface area (Å²) in [6.45, 7) is 6.23. The molecule has 0 aliphatic carbocycles. The van der Waals surface area contributed by atoms with E-state index in [2.05, 4.69) is 0 Å². The van der Waals surface area contributed by atoms with Gasteiger partial charge in [-0.1, -0.05) is 12.1 Å². The summed E-state index contributed by atoms with van der Waals surface area (Å²) in [5, 5.41) is 0. The Bertz CT molecular complexity index is 452. The molecule has 1 amide bonds. The second-order valence-electron chi connectivity index (χ2n) is 5.63. The molecule has 0 bridgehead atoms. The zero-order chi connectivity index (χ0) is 14.5. The minimum Gasteiger partial charge on any atom is -0.490 e. The second kappa shape index (κ2) is 6.75. The molecule has 2 N–H and O–H groups in total. The van der Waals surface area contributed by atoms with Crippen LogP contribution in [0.2, 0.25) is 0 Å². The molecule has 1 fully saturated rings. The Hall–Kier alpha value is -1.55. The molecule has 1 aromatic rings. The van der Waals surface area contributed by atoms with Crippen LogP contribution in [0.15, 0.2) is 24.3 Å². The Morgan fingerprint density at radius 3 is 2.60 bits per heavy atom. The van der Waals surface area contributed by atoms with E-state index in [4.69, 9.17) is 10.5 Å². The monoisotopic (exact) mass is 276 g/mol. The van der Waals surface area contributed by atoms with Gasteiger partial charge in [-0.25, -0.2) is 0 Å². The summed E-state index contributed by atoms with van der Waals surface area (Å²) in [6, 6.07) is 7.48. The largest absolute Gasteiger partial charge is 0.490 e. The van der Waals surface area contributed by atoms with Crippen molar-refractivity contribution in [2.45, 2.75) is 32.8 Å². The standard InChI is InChI=1S/C16H24N2O2/c1-12(2)20-15-6-4-3-5-14(15)16(19)18-9-7-13(11-17)8-10-18/h3-6,12-13H,7-11,17H2,1-2H3. The lowest BCUT2D eigenvalue weighted by atomic mass is 9.96. The summed E-state index contributed by atoms with van der Waals surface area (Å²) in [4.78, 5) is 14.5. The highest BCUT2D eigenvalue weighted by molar-refractivity contribution is 5.97. The molecule has 1 aliphatic rings. The molecule has 0 radical (unpaired) electrons. The second-order valence-corrected chi connectivity index (χ2v) is 5.63. The Morgan fingerprint density at radius 2 is 2.00 bits per heavy atom. The first kappa shape index (κ1) is 14.9. The number of rotatable bonds is 4. The molecule has 1 aromatic carbocycles. The van der Waals surface area contributed by atoms with E-state index in [-0.39, 0.29) is 12.0 Å². The van der Waals surface area contributed by atoms with Gasteiger partial charge in [-0.3, -0.25) is 4.79 Å². The summed E-state index contributed by atoms with van der Waals surface area (Å²) < 4.78 is 5.73. The van der Waals surface area contributed by atoms with Gasteiger partial charge in [-0.15, -0.1) is 0 Å². The van der Waals surface area contributed by atoms with Gasteiger partial charge in [0.05, 0.1) is 11.7 Å². The van der Waals surface area contributed by atoms with Crippen LogP contribution < -0.4 is 10.5 Å². The van der Waals surface area contributed by atoms with E-state index in [1.54, 1.807) is 0 Å². The van der Waals surface area contributed by atoms with Crippen LogP contribution in [0.4, 0.5) is 0 Å². The topological polar surface area (TPSA) is 55.6 Å². The number of carbonyl (C=O) groups is 1. The molecule has 0 saturated carbocycles. The molecule has 0 atom stereocenters. The van der Waals surface area contributed by atoms with Crippen LogP contribution in [0.3, 0.4) is 0 Å². The normalized spacial score (nSPS) is 16.5. The maximum atomic E-state index is 12.6. The molecule has 20 heavy (non-hydrogen) atoms. The minimum atomic E-state index is 0.0620. The molecule has 1 saturated heterocycles. The number of amides is 1. The van der Waals surface area contributed by atoms with Gasteiger partial charge in [-0.2, -0.15) is 0 Å². The van der Waals surface area contributed by atoms with E-state index in [1.165, 1.54) is 0 Å². The number of benzene rings is 1. The first-order valence-corrected chi connectivity index (χ1v) is 7.37. The smallest absolute Gasteiger partial charge is 0.257 e. The van der Waals surface area contributed by atoms with Crippen molar-refractivity contribution in [1.82, 2.24) is 4.90 Å². The van der Waals surface area contributed by atoms with Gasteiger partial charge in [-0.05, 0) is 51.3 Å². The average Bonchev–Trinajstić information content (AvgIpc) is 2.46. The Labute approximate surface area is 120 Å². The Balaban J connectivity index is 2.09. The predicted molar refractivity (Wildman–Crippen MR) is 79.9 cm³/mol. The maximum absolute atomic E-state index is 12.6. The number of nitrogens with two attached hydrogens (primary N) is 1. The van der Waals surface area contributed by atoms with Crippen LogP contribution in [0.5, 0.6) is 5.75 Å². The number of likely N-dealkylation sites (tertiary alicyclic amines) is 1. The molecule has 2 rings (SSSR count). The number of hydrogen-bond donors (Lipinski definition) is 1. The number of ether oxygens (including phenoxy) is 1. The fraction of sp³-hybridized carbons (Fsp3) is 0.562. The third-order valence-electron chi connectivity index (χ3n) is 3.72. The van der Waals surface area contributed by atoms with Gasteiger partial charge in [0.25, 0.3) is 5.91 Å². The quantitative estimate of drug-likeness (QED) is 0.918. The minimum absolute atomic E-state index is 0.0620. The first-order valence-electron chi connectivity index (χ1n) is 7.37. The van der Waals surface area contributed by atoms with Gasteiger partial charge >= 0.3 is 0 Å². The summed E-state index contributed by atoms with van der Waals surface area (Å²) in [5.74, 6) is 1.30. The fourth-order valence-corrected chi connectivity index (χ4v) is 2.54. The van der Waals surface area contributed by atoms with Gasteiger partial charge in [0.15, 0.2) is 0 Å². The molecule has 1 heterocycles. The number of para-hydroxylation sites is 1. The summed E-state index contributed by atoms with van der Waals surface area (Å²) in [5.41, 5.74) is 6.35. The lowest BCUT2D eigenvalue weighted by Gasteiger charge is -2.31. The van der Waals surface area contributed by atoms with Crippen LogP contribution in [-0.4, -0.2) is 36.5 Å². The fourth-order valence-electron chi connectivity index (χ4n) is 2.54. The number of carbonyl (C=O) groups excluding carboxylic acids is 1. The Morgan fingerprint density at radius 1 is 1.35 bits per heavy atom. The van der Waals surface area contributed by atoms with Crippen molar-refractivity contribution in [3.63, 3.8) is 0 Å². The van der Waals surface area contributed by atoms with E-state index >= 15 is 0 Å². The SMILES string of the molecule is CC(C)Oc1ccccc1C(=O)N1CCC(CN)CC1. The molecule has 0 unspecified atom stereocenters. The maximum Gasteiger partial charge on any atom is 0.257 e. The lowest BCUT2D eigenvalue weighted by Crippen LogP contribution is -2.40. The first-order chi connectivity index (χ1) is 9.61. The van der Waals surface area contributed by atoms with Crippen molar-refractivity contribution in [2.24, 2.45) is 11.7 Å². The summed E-state index contributed by atoms with van der Waals surface area (Å²) in [7, 11) is 0. The van der Waals surface area contributed by atoms with Gasteiger partial charge < -0.3 is 15.4 Å². The summed E-state index contributed by atoms with van der Waals surface area (Å²) >= 11 is 0. The van der Waals surface area contributed by atoms with Crippen LogP contribution in [0, 0.1) is 5.92 Å². The van der Waals surface area contributed by atoms with Crippen LogP contribution in [0.25, 0.3) is 0 Å². The van der Waals surface area contributed by atoms with Crippen LogP contribution >= 0.6 is 0 Å². The molecular formula is C16H24N2O2. The van der Waals surface area contributed by atoms with Crippen molar-refractivity contribution < 1.29 is 9.53 Å². The molecule has 4 nitrogen and oxygen atoms in total. The van der Waals surface area contributed by atoms with Crippen molar-refractivity contribution >= 4 is 5.91 Å². The number of nitrogens with zero attached hydrogens (tertiary/aromatic N) is 1. The number of piperidine rings is 1.